The van der Waals surface area contributed by atoms with Crippen molar-refractivity contribution < 1.29 is 4.74 Å². The summed E-state index contributed by atoms with van der Waals surface area (Å²) >= 11 is 0. The summed E-state index contributed by atoms with van der Waals surface area (Å²) in [5.74, 6) is 3.17. The molecule has 0 amide bonds. The Kier molecular flexibility index (Phi) is 4.04. The number of methoxy groups -OCH3 is 1. The molecule has 102 valence electrons. The number of nitrogens with zero attached hydrogens (tertiary/aromatic N) is 3. The molecule has 5 nitrogen and oxygen atoms in total. The molecule has 0 atom stereocenters. The molecule has 0 spiro atoms. The fraction of sp³-hybridized carbons (Fsp3) is 0.429. The van der Waals surface area contributed by atoms with Crippen LogP contribution < -0.4 is 10.1 Å². The molecule has 0 bridgehead atoms. The van der Waals surface area contributed by atoms with Crippen LogP contribution in [-0.4, -0.2) is 21.9 Å². The van der Waals surface area contributed by atoms with Crippen molar-refractivity contribution in [1.82, 2.24) is 14.8 Å². The van der Waals surface area contributed by atoms with E-state index in [0.29, 0.717) is 12.5 Å². The van der Waals surface area contributed by atoms with E-state index in [1.807, 2.05) is 35.9 Å². The lowest BCUT2D eigenvalue weighted by atomic mass is 10.2. The highest BCUT2D eigenvalue weighted by Crippen LogP contribution is 2.16. The van der Waals surface area contributed by atoms with Gasteiger partial charge in [0.15, 0.2) is 5.82 Å². The van der Waals surface area contributed by atoms with E-state index in [1.54, 1.807) is 7.11 Å². The molecular formula is C14H20N4O. The fourth-order valence-electron chi connectivity index (χ4n) is 1.92. The topological polar surface area (TPSA) is 52.0 Å². The van der Waals surface area contributed by atoms with E-state index in [-0.39, 0.29) is 0 Å². The first-order valence-corrected chi connectivity index (χ1v) is 6.38. The van der Waals surface area contributed by atoms with Gasteiger partial charge in [0, 0.05) is 18.7 Å². The zero-order chi connectivity index (χ0) is 13.8. The van der Waals surface area contributed by atoms with Gasteiger partial charge in [-0.25, -0.2) is 0 Å². The first kappa shape index (κ1) is 13.4. The van der Waals surface area contributed by atoms with Crippen molar-refractivity contribution in [3.05, 3.63) is 35.9 Å². The normalized spacial score (nSPS) is 10.8. The monoisotopic (exact) mass is 260 g/mol. The van der Waals surface area contributed by atoms with Gasteiger partial charge in [0.25, 0.3) is 0 Å². The lowest BCUT2D eigenvalue weighted by Gasteiger charge is -2.08. The summed E-state index contributed by atoms with van der Waals surface area (Å²) in [6.45, 7) is 4.89. The standard InChI is InChI=1S/C14H20N4O/c1-10(2)14-17-16-13(18(14)3)9-15-11-5-7-12(19-4)8-6-11/h5-8,10,15H,9H2,1-4H3. The van der Waals surface area contributed by atoms with Crippen LogP contribution in [0.4, 0.5) is 5.69 Å². The third kappa shape index (κ3) is 3.05. The molecular weight excluding hydrogens is 240 g/mol. The molecule has 0 aliphatic carbocycles. The molecule has 1 aromatic heterocycles. The van der Waals surface area contributed by atoms with Crippen molar-refractivity contribution in [2.45, 2.75) is 26.3 Å². The number of hydrogen-bond acceptors (Lipinski definition) is 4. The third-order valence-corrected chi connectivity index (χ3v) is 3.06. The van der Waals surface area contributed by atoms with Gasteiger partial charge in [0.05, 0.1) is 13.7 Å². The van der Waals surface area contributed by atoms with Crippen molar-refractivity contribution in [1.29, 1.82) is 0 Å². The van der Waals surface area contributed by atoms with Crippen LogP contribution in [0.15, 0.2) is 24.3 Å². The smallest absolute Gasteiger partial charge is 0.152 e. The molecule has 1 aromatic carbocycles. The first-order valence-electron chi connectivity index (χ1n) is 6.38. The second-order valence-corrected chi connectivity index (χ2v) is 4.77. The van der Waals surface area contributed by atoms with E-state index in [9.17, 15) is 0 Å². The van der Waals surface area contributed by atoms with Crippen molar-refractivity contribution in [2.24, 2.45) is 7.05 Å². The minimum atomic E-state index is 0.382. The van der Waals surface area contributed by atoms with Crippen LogP contribution in [0.1, 0.15) is 31.4 Å². The van der Waals surface area contributed by atoms with Gasteiger partial charge in [-0.2, -0.15) is 0 Å². The minimum Gasteiger partial charge on any atom is -0.497 e. The first-order chi connectivity index (χ1) is 9.11. The Morgan fingerprint density at radius 2 is 1.89 bits per heavy atom. The number of aromatic nitrogens is 3. The summed E-state index contributed by atoms with van der Waals surface area (Å²) in [7, 11) is 3.66. The van der Waals surface area contributed by atoms with Crippen LogP contribution in [-0.2, 0) is 13.6 Å². The molecule has 0 aliphatic rings. The van der Waals surface area contributed by atoms with Crippen LogP contribution >= 0.6 is 0 Å². The molecule has 0 fully saturated rings. The highest BCUT2D eigenvalue weighted by molar-refractivity contribution is 5.46. The predicted octanol–water partition coefficient (Wildman–Crippen LogP) is 2.56. The third-order valence-electron chi connectivity index (χ3n) is 3.06. The Labute approximate surface area is 113 Å². The lowest BCUT2D eigenvalue weighted by molar-refractivity contribution is 0.415. The molecule has 1 heterocycles. The average molecular weight is 260 g/mol. The van der Waals surface area contributed by atoms with Gasteiger partial charge in [-0.15, -0.1) is 10.2 Å². The maximum atomic E-state index is 5.13. The Morgan fingerprint density at radius 3 is 2.42 bits per heavy atom. The van der Waals surface area contributed by atoms with Gasteiger partial charge >= 0.3 is 0 Å². The number of hydrogen-bond donors (Lipinski definition) is 1. The second-order valence-electron chi connectivity index (χ2n) is 4.77. The Bertz CT molecular complexity index is 531. The number of nitrogens with one attached hydrogen (secondary N) is 1. The molecule has 0 radical (unpaired) electrons. The predicted molar refractivity (Wildman–Crippen MR) is 75.4 cm³/mol. The van der Waals surface area contributed by atoms with Crippen LogP contribution in [0.5, 0.6) is 5.75 Å². The summed E-state index contributed by atoms with van der Waals surface area (Å²) in [4.78, 5) is 0. The van der Waals surface area contributed by atoms with Crippen LogP contribution in [0.25, 0.3) is 0 Å². The number of ether oxygens (including phenoxy) is 1. The van der Waals surface area contributed by atoms with Gasteiger partial charge in [0.1, 0.15) is 11.6 Å². The van der Waals surface area contributed by atoms with Crippen molar-refractivity contribution in [3.8, 4) is 5.75 Å². The van der Waals surface area contributed by atoms with E-state index in [1.165, 1.54) is 0 Å². The summed E-state index contributed by atoms with van der Waals surface area (Å²) < 4.78 is 7.17. The summed E-state index contributed by atoms with van der Waals surface area (Å²) in [5, 5.41) is 11.7. The van der Waals surface area contributed by atoms with E-state index in [2.05, 4.69) is 29.4 Å². The zero-order valence-corrected chi connectivity index (χ0v) is 11.8. The molecule has 2 aromatic rings. The molecule has 0 unspecified atom stereocenters. The van der Waals surface area contributed by atoms with Crippen molar-refractivity contribution >= 4 is 5.69 Å². The van der Waals surface area contributed by atoms with E-state index >= 15 is 0 Å². The van der Waals surface area contributed by atoms with Crippen LogP contribution in [0, 0.1) is 0 Å². The molecule has 0 saturated heterocycles. The van der Waals surface area contributed by atoms with Crippen molar-refractivity contribution in [3.63, 3.8) is 0 Å². The van der Waals surface area contributed by atoms with Gasteiger partial charge in [-0.05, 0) is 24.3 Å². The maximum absolute atomic E-state index is 5.13. The van der Waals surface area contributed by atoms with E-state index in [4.69, 9.17) is 4.74 Å². The average Bonchev–Trinajstić information content (AvgIpc) is 2.78. The molecule has 0 saturated carbocycles. The highest BCUT2D eigenvalue weighted by Gasteiger charge is 2.11. The lowest BCUT2D eigenvalue weighted by Crippen LogP contribution is -2.08. The maximum Gasteiger partial charge on any atom is 0.152 e. The Balaban J connectivity index is 2.02. The molecule has 19 heavy (non-hydrogen) atoms. The highest BCUT2D eigenvalue weighted by atomic mass is 16.5. The van der Waals surface area contributed by atoms with Gasteiger partial charge in [0.2, 0.25) is 0 Å². The molecule has 1 N–H and O–H groups in total. The van der Waals surface area contributed by atoms with Crippen LogP contribution in [0.3, 0.4) is 0 Å². The zero-order valence-electron chi connectivity index (χ0n) is 11.8. The number of rotatable bonds is 5. The fourth-order valence-corrected chi connectivity index (χ4v) is 1.92. The number of benzene rings is 1. The minimum absolute atomic E-state index is 0.382. The number of anilines is 1. The quantitative estimate of drug-likeness (QED) is 0.897. The van der Waals surface area contributed by atoms with Gasteiger partial charge < -0.3 is 14.6 Å². The summed E-state index contributed by atoms with van der Waals surface area (Å²) in [6, 6.07) is 7.83. The van der Waals surface area contributed by atoms with Crippen LogP contribution in [0.2, 0.25) is 0 Å². The van der Waals surface area contributed by atoms with Crippen molar-refractivity contribution in [2.75, 3.05) is 12.4 Å². The largest absolute Gasteiger partial charge is 0.497 e. The van der Waals surface area contributed by atoms with Gasteiger partial charge in [-0.1, -0.05) is 13.8 Å². The molecule has 2 rings (SSSR count). The summed E-state index contributed by atoms with van der Waals surface area (Å²) in [5.41, 5.74) is 1.04. The van der Waals surface area contributed by atoms with E-state index in [0.717, 1.165) is 23.1 Å². The second kappa shape index (κ2) is 5.73. The molecule has 5 heteroatoms. The summed E-state index contributed by atoms with van der Waals surface area (Å²) in [6.07, 6.45) is 0. The van der Waals surface area contributed by atoms with Gasteiger partial charge in [-0.3, -0.25) is 0 Å². The molecule has 0 aliphatic heterocycles. The van der Waals surface area contributed by atoms with E-state index < -0.39 is 0 Å². The Hall–Kier alpha value is -2.04. The Morgan fingerprint density at radius 1 is 1.21 bits per heavy atom. The SMILES string of the molecule is COc1ccc(NCc2nnc(C(C)C)n2C)cc1.